The van der Waals surface area contributed by atoms with Crippen LogP contribution in [-0.2, 0) is 9.59 Å². The topological polar surface area (TPSA) is 76.4 Å². The van der Waals surface area contributed by atoms with Gasteiger partial charge in [-0.3, -0.25) is 14.5 Å². The fraction of sp³-hybridized carbons (Fsp3) is 0.800. The number of rotatable bonds is 8. The Morgan fingerprint density at radius 1 is 1.24 bits per heavy atom. The summed E-state index contributed by atoms with van der Waals surface area (Å²) in [5, 5.41) is 11.9. The van der Waals surface area contributed by atoms with Gasteiger partial charge in [-0.25, -0.2) is 0 Å². The first kappa shape index (κ1) is 19.4. The average molecular weight is 296 g/mol. The van der Waals surface area contributed by atoms with Crippen molar-refractivity contribution < 1.29 is 9.59 Å². The summed E-state index contributed by atoms with van der Waals surface area (Å²) >= 11 is 0. The minimum absolute atomic E-state index is 0.00204. The molecule has 0 aliphatic carbocycles. The van der Waals surface area contributed by atoms with Gasteiger partial charge in [0.15, 0.2) is 0 Å². The average Bonchev–Trinajstić information content (AvgIpc) is 2.39. The van der Waals surface area contributed by atoms with E-state index in [4.69, 9.17) is 0 Å². The van der Waals surface area contributed by atoms with Gasteiger partial charge in [0.05, 0.1) is 19.2 Å². The maximum atomic E-state index is 12.0. The highest BCUT2D eigenvalue weighted by atomic mass is 16.2. The van der Waals surface area contributed by atoms with Gasteiger partial charge < -0.3 is 10.2 Å². The number of carbonyl (C=O) groups is 2. The number of likely N-dealkylation sites (N-methyl/N-ethyl adjacent to an activating group) is 2. The van der Waals surface area contributed by atoms with Crippen molar-refractivity contribution in [2.75, 3.05) is 33.2 Å². The molecule has 1 atom stereocenters. The van der Waals surface area contributed by atoms with E-state index in [9.17, 15) is 14.9 Å². The number of hydrogen-bond donors (Lipinski definition) is 1. The molecule has 0 spiro atoms. The fourth-order valence-corrected chi connectivity index (χ4v) is 1.84. The van der Waals surface area contributed by atoms with E-state index < -0.39 is 5.54 Å². The van der Waals surface area contributed by atoms with E-state index in [-0.39, 0.29) is 30.8 Å². The van der Waals surface area contributed by atoms with Crippen LogP contribution < -0.4 is 5.32 Å². The standard InChI is InChI=1S/C15H28N4O2/c1-7-19(8-2)14(21)10-18(6)9-13(20)17-15(5,11-16)12(3)4/h12H,7-10H2,1-6H3,(H,17,20). The van der Waals surface area contributed by atoms with Crippen molar-refractivity contribution in [2.45, 2.75) is 40.2 Å². The molecular weight excluding hydrogens is 268 g/mol. The zero-order valence-electron chi connectivity index (χ0n) is 14.1. The van der Waals surface area contributed by atoms with Gasteiger partial charge in [0.25, 0.3) is 0 Å². The Kier molecular flexibility index (Phi) is 7.97. The molecule has 0 aromatic heterocycles. The van der Waals surface area contributed by atoms with E-state index in [1.165, 1.54) is 0 Å². The van der Waals surface area contributed by atoms with Crippen LogP contribution in [0.15, 0.2) is 0 Å². The van der Waals surface area contributed by atoms with Crippen LogP contribution in [0.4, 0.5) is 0 Å². The van der Waals surface area contributed by atoms with Crippen molar-refractivity contribution in [3.63, 3.8) is 0 Å². The monoisotopic (exact) mass is 296 g/mol. The summed E-state index contributed by atoms with van der Waals surface area (Å²) in [6.07, 6.45) is 0. The van der Waals surface area contributed by atoms with Crippen LogP contribution >= 0.6 is 0 Å². The van der Waals surface area contributed by atoms with Crippen molar-refractivity contribution in [1.82, 2.24) is 15.1 Å². The molecular formula is C15H28N4O2. The highest BCUT2D eigenvalue weighted by Crippen LogP contribution is 2.14. The van der Waals surface area contributed by atoms with Gasteiger partial charge in [-0.2, -0.15) is 5.26 Å². The molecule has 1 unspecified atom stereocenters. The second kappa shape index (κ2) is 8.63. The summed E-state index contributed by atoms with van der Waals surface area (Å²) < 4.78 is 0. The number of hydrogen-bond acceptors (Lipinski definition) is 4. The molecule has 120 valence electrons. The molecule has 0 aliphatic heterocycles. The summed E-state index contributed by atoms with van der Waals surface area (Å²) in [6, 6.07) is 2.13. The van der Waals surface area contributed by atoms with Crippen LogP contribution in [0.2, 0.25) is 0 Å². The summed E-state index contributed by atoms with van der Waals surface area (Å²) in [5.74, 6) is -0.237. The molecule has 21 heavy (non-hydrogen) atoms. The summed E-state index contributed by atoms with van der Waals surface area (Å²) in [5.41, 5.74) is -0.888. The Bertz CT molecular complexity index is 399. The number of nitrogens with one attached hydrogen (secondary N) is 1. The van der Waals surface area contributed by atoms with E-state index in [0.717, 1.165) is 0 Å². The molecule has 6 heteroatoms. The maximum absolute atomic E-state index is 12.0. The lowest BCUT2D eigenvalue weighted by molar-refractivity contribution is -0.132. The molecule has 0 aromatic carbocycles. The number of carbonyl (C=O) groups excluding carboxylic acids is 2. The molecule has 0 saturated heterocycles. The molecule has 0 radical (unpaired) electrons. The lowest BCUT2D eigenvalue weighted by atomic mass is 9.90. The fourth-order valence-electron chi connectivity index (χ4n) is 1.84. The van der Waals surface area contributed by atoms with E-state index in [1.807, 2.05) is 27.7 Å². The van der Waals surface area contributed by atoms with Crippen LogP contribution in [0.5, 0.6) is 0 Å². The molecule has 2 amide bonds. The van der Waals surface area contributed by atoms with Crippen molar-refractivity contribution in [1.29, 1.82) is 5.26 Å². The summed E-state index contributed by atoms with van der Waals surface area (Å²) in [4.78, 5) is 27.3. The Balaban J connectivity index is 4.47. The Hall–Kier alpha value is -1.61. The van der Waals surface area contributed by atoms with Crippen LogP contribution in [0.1, 0.15) is 34.6 Å². The third kappa shape index (κ3) is 6.13. The quantitative estimate of drug-likeness (QED) is 0.720. The van der Waals surface area contributed by atoms with Gasteiger partial charge in [0, 0.05) is 13.1 Å². The van der Waals surface area contributed by atoms with Gasteiger partial charge in [-0.05, 0) is 33.7 Å². The highest BCUT2D eigenvalue weighted by Gasteiger charge is 2.30. The van der Waals surface area contributed by atoms with Crippen molar-refractivity contribution >= 4 is 11.8 Å². The summed E-state index contributed by atoms with van der Waals surface area (Å²) in [6.45, 7) is 10.9. The van der Waals surface area contributed by atoms with Crippen molar-refractivity contribution in [2.24, 2.45) is 5.92 Å². The summed E-state index contributed by atoms with van der Waals surface area (Å²) in [7, 11) is 1.72. The van der Waals surface area contributed by atoms with Crippen LogP contribution in [0, 0.1) is 17.2 Å². The SMILES string of the molecule is CCN(CC)C(=O)CN(C)CC(=O)NC(C)(C#N)C(C)C. The first-order valence-electron chi connectivity index (χ1n) is 7.38. The van der Waals surface area contributed by atoms with Crippen molar-refractivity contribution in [3.8, 4) is 6.07 Å². The normalized spacial score (nSPS) is 13.7. The zero-order chi connectivity index (χ0) is 16.6. The van der Waals surface area contributed by atoms with Gasteiger partial charge in [-0.15, -0.1) is 0 Å². The Morgan fingerprint density at radius 2 is 1.76 bits per heavy atom. The van der Waals surface area contributed by atoms with Crippen LogP contribution in [0.25, 0.3) is 0 Å². The predicted molar refractivity (Wildman–Crippen MR) is 82.4 cm³/mol. The van der Waals surface area contributed by atoms with E-state index in [0.29, 0.717) is 13.1 Å². The first-order valence-corrected chi connectivity index (χ1v) is 7.38. The third-order valence-corrected chi connectivity index (χ3v) is 3.72. The second-order valence-electron chi connectivity index (χ2n) is 5.76. The second-order valence-corrected chi connectivity index (χ2v) is 5.76. The molecule has 0 aliphatic rings. The largest absolute Gasteiger partial charge is 0.342 e. The van der Waals surface area contributed by atoms with Crippen molar-refractivity contribution in [3.05, 3.63) is 0 Å². The van der Waals surface area contributed by atoms with Gasteiger partial charge in [0.1, 0.15) is 5.54 Å². The Labute approximate surface area is 128 Å². The highest BCUT2D eigenvalue weighted by molar-refractivity contribution is 5.81. The molecule has 0 aromatic rings. The molecule has 0 fully saturated rings. The van der Waals surface area contributed by atoms with Gasteiger partial charge in [-0.1, -0.05) is 13.8 Å². The lowest BCUT2D eigenvalue weighted by Crippen LogP contribution is -2.52. The molecule has 6 nitrogen and oxygen atoms in total. The molecule has 0 heterocycles. The van der Waals surface area contributed by atoms with E-state index in [1.54, 1.807) is 23.8 Å². The van der Waals surface area contributed by atoms with Crippen LogP contribution in [-0.4, -0.2) is 60.4 Å². The minimum atomic E-state index is -0.888. The smallest absolute Gasteiger partial charge is 0.236 e. The number of nitrogens with zero attached hydrogens (tertiary/aromatic N) is 3. The van der Waals surface area contributed by atoms with Crippen LogP contribution in [0.3, 0.4) is 0 Å². The zero-order valence-corrected chi connectivity index (χ0v) is 14.1. The minimum Gasteiger partial charge on any atom is -0.342 e. The Morgan fingerprint density at radius 3 is 2.14 bits per heavy atom. The van der Waals surface area contributed by atoms with E-state index >= 15 is 0 Å². The molecule has 0 bridgehead atoms. The lowest BCUT2D eigenvalue weighted by Gasteiger charge is -2.28. The number of nitriles is 1. The van der Waals surface area contributed by atoms with Gasteiger partial charge in [0.2, 0.25) is 11.8 Å². The first-order chi connectivity index (χ1) is 9.69. The molecule has 1 N–H and O–H groups in total. The van der Waals surface area contributed by atoms with E-state index in [2.05, 4.69) is 11.4 Å². The van der Waals surface area contributed by atoms with Gasteiger partial charge >= 0.3 is 0 Å². The molecule has 0 saturated carbocycles. The molecule has 0 rings (SSSR count). The third-order valence-electron chi connectivity index (χ3n) is 3.72. The maximum Gasteiger partial charge on any atom is 0.236 e. The number of amides is 2. The predicted octanol–water partition coefficient (Wildman–Crippen LogP) is 0.841.